The lowest BCUT2D eigenvalue weighted by Gasteiger charge is -2.09. The molecule has 2 aromatic heterocycles. The van der Waals surface area contributed by atoms with Gasteiger partial charge < -0.3 is 20.5 Å². The van der Waals surface area contributed by atoms with Crippen LogP contribution >= 0.6 is 11.6 Å². The molecule has 176 valence electrons. The molecule has 0 saturated carbocycles. The molecule has 0 unspecified atom stereocenters. The van der Waals surface area contributed by atoms with E-state index in [4.69, 9.17) is 11.6 Å². The van der Waals surface area contributed by atoms with Crippen molar-refractivity contribution >= 4 is 40.0 Å². The first-order valence-corrected chi connectivity index (χ1v) is 11.3. The van der Waals surface area contributed by atoms with Gasteiger partial charge >= 0.3 is 0 Å². The van der Waals surface area contributed by atoms with Crippen molar-refractivity contribution in [3.63, 3.8) is 0 Å². The largest absolute Gasteiger partial charge is 0.352 e. The third-order valence-corrected chi connectivity index (χ3v) is 5.66. The van der Waals surface area contributed by atoms with E-state index in [-0.39, 0.29) is 10.9 Å². The van der Waals surface area contributed by atoms with Crippen LogP contribution in [0.5, 0.6) is 0 Å². The number of nitrogens with one attached hydrogen (secondary N) is 3. The Morgan fingerprint density at radius 1 is 1.12 bits per heavy atom. The van der Waals surface area contributed by atoms with Crippen LogP contribution in [0.3, 0.4) is 0 Å². The number of benzene rings is 2. The van der Waals surface area contributed by atoms with Gasteiger partial charge in [-0.3, -0.25) is 4.79 Å². The molecule has 0 aliphatic heterocycles. The molecule has 7 nitrogen and oxygen atoms in total. The fourth-order valence-corrected chi connectivity index (χ4v) is 3.73. The summed E-state index contributed by atoms with van der Waals surface area (Å²) < 4.78 is 13.5. The highest BCUT2D eigenvalue weighted by atomic mass is 35.5. The Kier molecular flexibility index (Phi) is 7.40. The third-order valence-electron chi connectivity index (χ3n) is 5.37. The van der Waals surface area contributed by atoms with Gasteiger partial charge in [-0.2, -0.15) is 0 Å². The molecule has 2 aromatic carbocycles. The predicted octanol–water partition coefficient (Wildman–Crippen LogP) is 5.12. The molecule has 0 aliphatic carbocycles. The van der Waals surface area contributed by atoms with Crippen molar-refractivity contribution < 1.29 is 9.18 Å². The lowest BCUT2D eigenvalue weighted by Crippen LogP contribution is -2.24. The molecule has 0 atom stereocenters. The van der Waals surface area contributed by atoms with Crippen LogP contribution in [-0.2, 0) is 11.3 Å². The molecule has 4 rings (SSSR count). The van der Waals surface area contributed by atoms with Gasteiger partial charge in [-0.1, -0.05) is 35.9 Å². The Labute approximate surface area is 202 Å². The average Bonchev–Trinajstić information content (AvgIpc) is 3.26. The van der Waals surface area contributed by atoms with E-state index in [1.54, 1.807) is 6.07 Å². The van der Waals surface area contributed by atoms with Gasteiger partial charge in [0.25, 0.3) is 0 Å². The van der Waals surface area contributed by atoms with Gasteiger partial charge in [0.1, 0.15) is 23.6 Å². The Balaban J connectivity index is 1.44. The highest BCUT2D eigenvalue weighted by Crippen LogP contribution is 2.29. The van der Waals surface area contributed by atoms with Gasteiger partial charge in [0, 0.05) is 24.3 Å². The van der Waals surface area contributed by atoms with Crippen LogP contribution in [0.4, 0.5) is 15.9 Å². The molecule has 0 bridgehead atoms. The van der Waals surface area contributed by atoms with Gasteiger partial charge in [-0.25, -0.2) is 14.4 Å². The maximum atomic E-state index is 13.5. The van der Waals surface area contributed by atoms with Crippen molar-refractivity contribution in [3.8, 4) is 11.3 Å². The molecule has 3 N–H and O–H groups in total. The van der Waals surface area contributed by atoms with Crippen molar-refractivity contribution in [2.45, 2.75) is 19.4 Å². The minimum atomic E-state index is -0.476. The molecule has 34 heavy (non-hydrogen) atoms. The van der Waals surface area contributed by atoms with E-state index in [1.165, 1.54) is 18.5 Å². The van der Waals surface area contributed by atoms with Crippen molar-refractivity contribution in [1.29, 1.82) is 0 Å². The van der Waals surface area contributed by atoms with E-state index in [0.717, 1.165) is 35.2 Å². The standard InChI is InChI=1S/C25H26ClFN6O/c1-33(2)11-3-4-23(34)28-14-16-5-7-17(8-6-16)22-13-19-24(29-15-30-25(19)32-22)31-18-9-10-21(27)20(26)12-18/h5-10,12-13,15H,3-4,11,14H2,1-2H3,(H,28,34)(H2,29,30,31,32). The highest BCUT2D eigenvalue weighted by molar-refractivity contribution is 6.31. The summed E-state index contributed by atoms with van der Waals surface area (Å²) in [6.45, 7) is 1.39. The summed E-state index contributed by atoms with van der Waals surface area (Å²) in [5, 5.41) is 6.97. The van der Waals surface area contributed by atoms with Gasteiger partial charge in [0.05, 0.1) is 10.4 Å². The molecule has 1 amide bonds. The third kappa shape index (κ3) is 5.89. The number of hydrogen-bond donors (Lipinski definition) is 3. The zero-order valence-corrected chi connectivity index (χ0v) is 19.8. The normalized spacial score (nSPS) is 11.2. The second kappa shape index (κ2) is 10.6. The first-order valence-electron chi connectivity index (χ1n) is 11.0. The fraction of sp³-hybridized carbons (Fsp3) is 0.240. The molecule has 0 saturated heterocycles. The summed E-state index contributed by atoms with van der Waals surface area (Å²) in [6.07, 6.45) is 2.82. The quantitative estimate of drug-likeness (QED) is 0.309. The molecule has 0 radical (unpaired) electrons. The number of fused-ring (bicyclic) bond motifs is 1. The summed E-state index contributed by atoms with van der Waals surface area (Å²) in [4.78, 5) is 26.0. The predicted molar refractivity (Wildman–Crippen MR) is 134 cm³/mol. The molecule has 0 aliphatic rings. The first kappa shape index (κ1) is 23.7. The number of aromatic amines is 1. The minimum absolute atomic E-state index is 0.0369. The second-order valence-corrected chi connectivity index (χ2v) is 8.71. The van der Waals surface area contributed by atoms with Gasteiger partial charge in [-0.05, 0) is 62.5 Å². The van der Waals surface area contributed by atoms with Crippen molar-refractivity contribution in [3.05, 3.63) is 71.3 Å². The number of aromatic nitrogens is 3. The summed E-state index contributed by atoms with van der Waals surface area (Å²) in [6, 6.07) is 14.4. The van der Waals surface area contributed by atoms with Crippen molar-refractivity contribution in [1.82, 2.24) is 25.2 Å². The van der Waals surface area contributed by atoms with Crippen LogP contribution in [0.1, 0.15) is 18.4 Å². The fourth-order valence-electron chi connectivity index (χ4n) is 3.55. The smallest absolute Gasteiger partial charge is 0.220 e. The van der Waals surface area contributed by atoms with E-state index in [0.29, 0.717) is 30.1 Å². The van der Waals surface area contributed by atoms with Crippen LogP contribution < -0.4 is 10.6 Å². The Morgan fingerprint density at radius 2 is 1.91 bits per heavy atom. The second-order valence-electron chi connectivity index (χ2n) is 8.30. The lowest BCUT2D eigenvalue weighted by molar-refractivity contribution is -0.121. The van der Waals surface area contributed by atoms with E-state index in [1.807, 2.05) is 44.4 Å². The van der Waals surface area contributed by atoms with Gasteiger partial charge in [0.2, 0.25) is 5.91 Å². The van der Waals surface area contributed by atoms with Gasteiger partial charge in [-0.15, -0.1) is 0 Å². The number of nitrogens with zero attached hydrogens (tertiary/aromatic N) is 3. The number of amides is 1. The maximum Gasteiger partial charge on any atom is 0.220 e. The van der Waals surface area contributed by atoms with E-state index < -0.39 is 5.82 Å². The van der Waals surface area contributed by atoms with Crippen LogP contribution in [0.15, 0.2) is 54.9 Å². The Hall–Kier alpha value is -3.49. The number of carbonyl (C=O) groups excluding carboxylic acids is 1. The summed E-state index contributed by atoms with van der Waals surface area (Å²) in [5.41, 5.74) is 4.19. The molecule has 4 aromatic rings. The van der Waals surface area contributed by atoms with Crippen LogP contribution in [0.25, 0.3) is 22.3 Å². The van der Waals surface area contributed by atoms with Crippen LogP contribution in [0, 0.1) is 5.82 Å². The number of rotatable bonds is 9. The number of H-pyrrole nitrogens is 1. The highest BCUT2D eigenvalue weighted by Gasteiger charge is 2.11. The van der Waals surface area contributed by atoms with Crippen LogP contribution in [-0.4, -0.2) is 46.4 Å². The first-order chi connectivity index (χ1) is 16.4. The minimum Gasteiger partial charge on any atom is -0.352 e. The van der Waals surface area contributed by atoms with E-state index >= 15 is 0 Å². The Bertz CT molecular complexity index is 1290. The Morgan fingerprint density at radius 3 is 2.65 bits per heavy atom. The SMILES string of the molecule is CN(C)CCCC(=O)NCc1ccc(-c2cc3c(Nc4ccc(F)c(Cl)c4)ncnc3[nH]2)cc1. The molecular formula is C25H26ClFN6O. The average molecular weight is 481 g/mol. The monoisotopic (exact) mass is 480 g/mol. The van der Waals surface area contributed by atoms with Gasteiger partial charge in [0.15, 0.2) is 0 Å². The summed E-state index contributed by atoms with van der Waals surface area (Å²) >= 11 is 5.89. The molecular weight excluding hydrogens is 455 g/mol. The molecule has 0 spiro atoms. The van der Waals surface area contributed by atoms with Crippen molar-refractivity contribution in [2.24, 2.45) is 0 Å². The molecule has 0 fully saturated rings. The zero-order valence-electron chi connectivity index (χ0n) is 19.0. The topological polar surface area (TPSA) is 85.9 Å². The maximum absolute atomic E-state index is 13.5. The van der Waals surface area contributed by atoms with E-state index in [2.05, 4.69) is 30.5 Å². The zero-order chi connectivity index (χ0) is 24.1. The van der Waals surface area contributed by atoms with Crippen molar-refractivity contribution in [2.75, 3.05) is 26.0 Å². The number of carbonyl (C=O) groups is 1. The van der Waals surface area contributed by atoms with Crippen LogP contribution in [0.2, 0.25) is 5.02 Å². The number of anilines is 2. The number of halogens is 2. The lowest BCUT2D eigenvalue weighted by atomic mass is 10.1. The summed E-state index contributed by atoms with van der Waals surface area (Å²) in [5.74, 6) is 0.169. The number of hydrogen-bond acceptors (Lipinski definition) is 5. The molecule has 9 heteroatoms. The molecule has 2 heterocycles. The van der Waals surface area contributed by atoms with E-state index in [9.17, 15) is 9.18 Å². The summed E-state index contributed by atoms with van der Waals surface area (Å²) in [7, 11) is 4.00.